The van der Waals surface area contributed by atoms with Crippen LogP contribution in [0.1, 0.15) is 6.92 Å². The smallest absolute Gasteiger partial charge is 0.337 e. The third-order valence-electron chi connectivity index (χ3n) is 3.98. The van der Waals surface area contributed by atoms with Gasteiger partial charge in [0.2, 0.25) is 6.29 Å². The molecule has 2 aliphatic rings. The van der Waals surface area contributed by atoms with Crippen LogP contribution in [-0.4, -0.2) is 58.6 Å². The molecule has 1 saturated carbocycles. The SMILES string of the molecule is COC(=O)C1=CO[C@@H](OCCl)[C@H]2[C@@H]1[C@H](O)[C@H](O)[C@]2(C)O. The van der Waals surface area contributed by atoms with Crippen molar-refractivity contribution in [3.8, 4) is 0 Å². The van der Waals surface area contributed by atoms with Gasteiger partial charge in [0.05, 0.1) is 36.6 Å². The molecule has 20 heavy (non-hydrogen) atoms. The number of aliphatic hydroxyl groups excluding tert-OH is 2. The molecule has 7 nitrogen and oxygen atoms in total. The standard InChI is InChI=1S/C12H17ClO7/c1-12(17)7-6(8(14)9(12)15)5(10(16)18-2)3-19-11(7)20-4-13/h3,6-9,11,14-15,17H,4H2,1-2H3/t6-,7-,8+,9+,11+,12-/m1/s1. The molecular weight excluding hydrogens is 292 g/mol. The summed E-state index contributed by atoms with van der Waals surface area (Å²) in [7, 11) is 1.19. The number of ether oxygens (including phenoxy) is 3. The summed E-state index contributed by atoms with van der Waals surface area (Å²) in [6.45, 7) is 1.35. The molecule has 0 bridgehead atoms. The van der Waals surface area contributed by atoms with Gasteiger partial charge in [0.1, 0.15) is 12.2 Å². The Kier molecular flexibility index (Phi) is 4.27. The van der Waals surface area contributed by atoms with Crippen molar-refractivity contribution in [3.05, 3.63) is 11.8 Å². The van der Waals surface area contributed by atoms with Crippen molar-refractivity contribution in [1.29, 1.82) is 0 Å². The third kappa shape index (κ3) is 2.19. The highest BCUT2D eigenvalue weighted by molar-refractivity contribution is 6.17. The molecule has 0 aromatic carbocycles. The van der Waals surface area contributed by atoms with Gasteiger partial charge in [0, 0.05) is 5.92 Å². The summed E-state index contributed by atoms with van der Waals surface area (Å²) >= 11 is 5.50. The van der Waals surface area contributed by atoms with Crippen LogP contribution < -0.4 is 0 Å². The highest BCUT2D eigenvalue weighted by Crippen LogP contribution is 2.49. The Hall–Kier alpha value is -0.860. The fourth-order valence-corrected chi connectivity index (χ4v) is 3.07. The zero-order valence-corrected chi connectivity index (χ0v) is 11.8. The number of aliphatic hydroxyl groups is 3. The third-order valence-corrected chi connectivity index (χ3v) is 4.11. The van der Waals surface area contributed by atoms with E-state index in [4.69, 9.17) is 21.1 Å². The molecule has 1 aliphatic heterocycles. The molecule has 0 saturated heterocycles. The van der Waals surface area contributed by atoms with Gasteiger partial charge in [-0.15, -0.1) is 0 Å². The van der Waals surface area contributed by atoms with Gasteiger partial charge in [-0.25, -0.2) is 4.79 Å². The second-order valence-corrected chi connectivity index (χ2v) is 5.28. The van der Waals surface area contributed by atoms with E-state index in [1.54, 1.807) is 0 Å². The number of alkyl halides is 1. The van der Waals surface area contributed by atoms with Crippen molar-refractivity contribution >= 4 is 17.6 Å². The zero-order chi connectivity index (χ0) is 15.1. The van der Waals surface area contributed by atoms with Crippen molar-refractivity contribution in [1.82, 2.24) is 0 Å². The van der Waals surface area contributed by atoms with Crippen molar-refractivity contribution in [3.63, 3.8) is 0 Å². The van der Waals surface area contributed by atoms with Gasteiger partial charge in [0.15, 0.2) is 0 Å². The van der Waals surface area contributed by atoms with E-state index < -0.39 is 41.9 Å². The van der Waals surface area contributed by atoms with E-state index in [0.717, 1.165) is 6.26 Å². The van der Waals surface area contributed by atoms with E-state index in [9.17, 15) is 20.1 Å². The van der Waals surface area contributed by atoms with E-state index in [-0.39, 0.29) is 11.6 Å². The van der Waals surface area contributed by atoms with Crippen LogP contribution in [0.25, 0.3) is 0 Å². The van der Waals surface area contributed by atoms with Gasteiger partial charge in [-0.3, -0.25) is 0 Å². The highest BCUT2D eigenvalue weighted by Gasteiger charge is 2.63. The number of carbonyl (C=O) groups excluding carboxylic acids is 1. The van der Waals surface area contributed by atoms with Crippen molar-refractivity contribution < 1.29 is 34.3 Å². The first-order valence-electron chi connectivity index (χ1n) is 6.06. The molecule has 6 atom stereocenters. The minimum atomic E-state index is -1.70. The van der Waals surface area contributed by atoms with E-state index in [0.29, 0.717) is 0 Å². The largest absolute Gasteiger partial charge is 0.471 e. The summed E-state index contributed by atoms with van der Waals surface area (Å²) < 4.78 is 15.0. The maximum Gasteiger partial charge on any atom is 0.337 e. The van der Waals surface area contributed by atoms with Crippen LogP contribution in [0.2, 0.25) is 0 Å². The van der Waals surface area contributed by atoms with Crippen LogP contribution in [0.5, 0.6) is 0 Å². The average Bonchev–Trinajstić information content (AvgIpc) is 2.60. The molecule has 0 spiro atoms. The van der Waals surface area contributed by atoms with Crippen molar-refractivity contribution in [2.24, 2.45) is 11.8 Å². The van der Waals surface area contributed by atoms with Crippen molar-refractivity contribution in [2.45, 2.75) is 31.0 Å². The number of methoxy groups -OCH3 is 1. The van der Waals surface area contributed by atoms with E-state index in [1.807, 2.05) is 0 Å². The van der Waals surface area contributed by atoms with Crippen LogP contribution in [0.4, 0.5) is 0 Å². The summed E-state index contributed by atoms with van der Waals surface area (Å²) in [6.07, 6.45) is -2.66. The first-order chi connectivity index (χ1) is 9.36. The molecule has 0 unspecified atom stereocenters. The van der Waals surface area contributed by atoms with E-state index in [2.05, 4.69) is 4.74 Å². The monoisotopic (exact) mass is 308 g/mol. The molecule has 2 rings (SSSR count). The first kappa shape index (κ1) is 15.5. The van der Waals surface area contributed by atoms with E-state index in [1.165, 1.54) is 14.0 Å². The molecule has 0 aromatic heterocycles. The van der Waals surface area contributed by atoms with Crippen LogP contribution >= 0.6 is 11.6 Å². The first-order valence-corrected chi connectivity index (χ1v) is 6.59. The Labute approximate surface area is 120 Å². The minimum Gasteiger partial charge on any atom is -0.471 e. The predicted octanol–water partition coefficient (Wildman–Crippen LogP) is -0.669. The van der Waals surface area contributed by atoms with Gasteiger partial charge in [0.25, 0.3) is 0 Å². The molecular formula is C12H17ClO7. The Balaban J connectivity index is 2.43. The van der Waals surface area contributed by atoms with Gasteiger partial charge >= 0.3 is 5.97 Å². The molecule has 8 heteroatoms. The highest BCUT2D eigenvalue weighted by atomic mass is 35.5. The van der Waals surface area contributed by atoms with Crippen molar-refractivity contribution in [2.75, 3.05) is 13.2 Å². The number of halogens is 1. The maximum absolute atomic E-state index is 11.7. The second-order valence-electron chi connectivity index (χ2n) is 5.06. The Morgan fingerprint density at radius 1 is 1.55 bits per heavy atom. The lowest BCUT2D eigenvalue weighted by Gasteiger charge is -2.38. The molecule has 114 valence electrons. The average molecular weight is 309 g/mol. The van der Waals surface area contributed by atoms with Crippen LogP contribution in [-0.2, 0) is 19.0 Å². The quantitative estimate of drug-likeness (QED) is 0.469. The Morgan fingerprint density at radius 2 is 2.20 bits per heavy atom. The molecule has 0 aromatic rings. The summed E-state index contributed by atoms with van der Waals surface area (Å²) in [5.74, 6) is -2.42. The summed E-state index contributed by atoms with van der Waals surface area (Å²) in [5, 5.41) is 30.5. The molecule has 3 N–H and O–H groups in total. The normalized spacial score (nSPS) is 43.5. The molecule has 0 radical (unpaired) electrons. The van der Waals surface area contributed by atoms with Crippen LogP contribution in [0, 0.1) is 11.8 Å². The molecule has 1 heterocycles. The Morgan fingerprint density at radius 3 is 2.75 bits per heavy atom. The minimum absolute atomic E-state index is 0.0382. The lowest BCUT2D eigenvalue weighted by atomic mass is 9.80. The zero-order valence-electron chi connectivity index (χ0n) is 11.0. The lowest BCUT2D eigenvalue weighted by molar-refractivity contribution is -0.196. The van der Waals surface area contributed by atoms with Crippen LogP contribution in [0.3, 0.4) is 0 Å². The molecule has 1 aliphatic carbocycles. The summed E-state index contributed by atoms with van der Waals surface area (Å²) in [6, 6.07) is -0.197. The number of esters is 1. The number of fused-ring (bicyclic) bond motifs is 1. The van der Waals surface area contributed by atoms with Gasteiger partial charge in [-0.2, -0.15) is 0 Å². The predicted molar refractivity (Wildman–Crippen MR) is 66.4 cm³/mol. The number of hydrogen-bond acceptors (Lipinski definition) is 7. The van der Waals surface area contributed by atoms with Gasteiger partial charge < -0.3 is 29.5 Å². The topological polar surface area (TPSA) is 105 Å². The molecule has 0 amide bonds. The Bertz CT molecular complexity index is 422. The number of carbonyl (C=O) groups is 1. The number of rotatable bonds is 3. The summed E-state index contributed by atoms with van der Waals surface area (Å²) in [5.41, 5.74) is -1.66. The fourth-order valence-electron chi connectivity index (χ4n) is 2.95. The fraction of sp³-hybridized carbons (Fsp3) is 0.750. The summed E-state index contributed by atoms with van der Waals surface area (Å²) in [4.78, 5) is 11.7. The van der Waals surface area contributed by atoms with Crippen LogP contribution in [0.15, 0.2) is 11.8 Å². The maximum atomic E-state index is 11.7. The lowest BCUT2D eigenvalue weighted by Crippen LogP contribution is -2.49. The van der Waals surface area contributed by atoms with E-state index >= 15 is 0 Å². The number of hydrogen-bond donors (Lipinski definition) is 3. The van der Waals surface area contributed by atoms with Gasteiger partial charge in [-0.1, -0.05) is 11.6 Å². The molecule has 1 fully saturated rings. The van der Waals surface area contributed by atoms with Gasteiger partial charge in [-0.05, 0) is 6.92 Å². The second kappa shape index (κ2) is 5.50.